The van der Waals surface area contributed by atoms with Crippen LogP contribution in [0.5, 0.6) is 0 Å². The number of halogens is 4. The van der Waals surface area contributed by atoms with Crippen molar-refractivity contribution in [2.45, 2.75) is 19.1 Å². The van der Waals surface area contributed by atoms with Crippen LogP contribution in [0, 0.1) is 12.7 Å². The first-order chi connectivity index (χ1) is 14.6. The van der Waals surface area contributed by atoms with Gasteiger partial charge in [0.1, 0.15) is 5.82 Å². The Bertz CT molecular complexity index is 1040. The number of aromatic nitrogens is 3. The van der Waals surface area contributed by atoms with Gasteiger partial charge in [0.15, 0.2) is 11.4 Å². The molecule has 0 spiro atoms. The average molecular weight is 435 g/mol. The largest absolute Gasteiger partial charge is 0.435 e. The van der Waals surface area contributed by atoms with Crippen LogP contribution in [0.4, 0.5) is 17.6 Å². The average Bonchev–Trinajstić information content (AvgIpc) is 3.15. The fraction of sp³-hybridized carbons (Fsp3) is 0.286. The highest BCUT2D eigenvalue weighted by molar-refractivity contribution is 5.93. The van der Waals surface area contributed by atoms with Crippen LogP contribution in [-0.2, 0) is 6.18 Å². The van der Waals surface area contributed by atoms with Gasteiger partial charge in [-0.3, -0.25) is 4.79 Å². The number of carbonyl (C=O) groups excluding carboxylic acids is 1. The first-order valence-corrected chi connectivity index (χ1v) is 9.38. The van der Waals surface area contributed by atoms with Crippen molar-refractivity contribution in [3.05, 3.63) is 76.9 Å². The van der Waals surface area contributed by atoms with Crippen LogP contribution in [0.2, 0.25) is 0 Å². The van der Waals surface area contributed by atoms with E-state index in [0.717, 1.165) is 35.4 Å². The monoisotopic (exact) mass is 435 g/mol. The van der Waals surface area contributed by atoms with Crippen molar-refractivity contribution >= 4 is 5.91 Å². The van der Waals surface area contributed by atoms with E-state index in [9.17, 15) is 22.4 Å². The van der Waals surface area contributed by atoms with Crippen molar-refractivity contribution in [1.29, 1.82) is 0 Å². The molecule has 3 aromatic rings. The molecule has 1 aromatic heterocycles. The predicted octanol–water partition coefficient (Wildman–Crippen LogP) is 3.77. The minimum absolute atomic E-state index is 0.0638. The van der Waals surface area contributed by atoms with Crippen LogP contribution in [0.1, 0.15) is 33.4 Å². The highest BCUT2D eigenvalue weighted by Crippen LogP contribution is 2.32. The molecule has 1 amide bonds. The Balaban J connectivity index is 1.87. The van der Waals surface area contributed by atoms with Gasteiger partial charge in [-0.1, -0.05) is 35.0 Å². The third kappa shape index (κ3) is 5.08. The van der Waals surface area contributed by atoms with Crippen LogP contribution < -0.4 is 5.32 Å². The summed E-state index contributed by atoms with van der Waals surface area (Å²) in [6, 6.07) is 11.6. The Morgan fingerprint density at radius 1 is 1.10 bits per heavy atom. The molecule has 1 atom stereocenters. The summed E-state index contributed by atoms with van der Waals surface area (Å²) in [5.41, 5.74) is -0.267. The standard InChI is InChI=1S/C21H21F4N5O/c1-13-4-6-14(7-5-13)17(29(2)3)12-26-20(31)18-19(21(23,24)25)30(28-27-18)16-10-8-15(22)9-11-16/h4-11,17H,12H2,1-3H3,(H,26,31). The Morgan fingerprint density at radius 3 is 2.26 bits per heavy atom. The van der Waals surface area contributed by atoms with E-state index in [0.29, 0.717) is 4.68 Å². The number of alkyl halides is 3. The maximum Gasteiger partial charge on any atom is 0.435 e. The maximum atomic E-state index is 13.7. The number of hydrogen-bond donors (Lipinski definition) is 1. The normalized spacial score (nSPS) is 12.8. The van der Waals surface area contributed by atoms with Crippen molar-refractivity contribution in [3.63, 3.8) is 0 Å². The Hall–Kier alpha value is -3.27. The molecule has 10 heteroatoms. The number of nitrogens with one attached hydrogen (secondary N) is 1. The molecule has 0 radical (unpaired) electrons. The lowest BCUT2D eigenvalue weighted by Crippen LogP contribution is -2.35. The van der Waals surface area contributed by atoms with Crippen LogP contribution in [0.3, 0.4) is 0 Å². The van der Waals surface area contributed by atoms with E-state index < -0.39 is 29.3 Å². The molecule has 31 heavy (non-hydrogen) atoms. The topological polar surface area (TPSA) is 63.1 Å². The van der Waals surface area contributed by atoms with Gasteiger partial charge in [0, 0.05) is 6.54 Å². The van der Waals surface area contributed by atoms with Gasteiger partial charge in [0.05, 0.1) is 11.7 Å². The van der Waals surface area contributed by atoms with Gasteiger partial charge in [0.2, 0.25) is 0 Å². The van der Waals surface area contributed by atoms with Crippen LogP contribution in [0.15, 0.2) is 48.5 Å². The van der Waals surface area contributed by atoms with E-state index in [1.165, 1.54) is 0 Å². The highest BCUT2D eigenvalue weighted by Gasteiger charge is 2.42. The molecular weight excluding hydrogens is 414 g/mol. The third-order valence-corrected chi connectivity index (χ3v) is 4.77. The summed E-state index contributed by atoms with van der Waals surface area (Å²) in [6.07, 6.45) is -4.90. The minimum atomic E-state index is -4.90. The second kappa shape index (κ2) is 8.84. The third-order valence-electron chi connectivity index (χ3n) is 4.77. The number of aryl methyl sites for hydroxylation is 1. The molecule has 0 bridgehead atoms. The number of amides is 1. The van der Waals surface area contributed by atoms with Gasteiger partial charge < -0.3 is 10.2 Å². The van der Waals surface area contributed by atoms with Crippen molar-refractivity contribution < 1.29 is 22.4 Å². The Kier molecular flexibility index (Phi) is 6.40. The number of rotatable bonds is 6. The van der Waals surface area contributed by atoms with Crippen LogP contribution in [0.25, 0.3) is 5.69 Å². The summed E-state index contributed by atoms with van der Waals surface area (Å²) in [7, 11) is 3.62. The van der Waals surface area contributed by atoms with E-state index in [1.807, 2.05) is 50.2 Å². The molecule has 0 aliphatic heterocycles. The molecule has 0 aliphatic carbocycles. The summed E-state index contributed by atoms with van der Waals surface area (Å²) in [6.45, 7) is 2.01. The number of carbonyl (C=O) groups is 1. The van der Waals surface area contributed by atoms with E-state index >= 15 is 0 Å². The fourth-order valence-electron chi connectivity index (χ4n) is 3.11. The molecule has 164 valence electrons. The molecule has 0 saturated carbocycles. The smallest absolute Gasteiger partial charge is 0.349 e. The van der Waals surface area contributed by atoms with Crippen molar-refractivity contribution in [3.8, 4) is 5.69 Å². The zero-order chi connectivity index (χ0) is 22.8. The van der Waals surface area contributed by atoms with Gasteiger partial charge in [-0.2, -0.15) is 13.2 Å². The van der Waals surface area contributed by atoms with Crippen molar-refractivity contribution in [2.24, 2.45) is 0 Å². The zero-order valence-corrected chi connectivity index (χ0v) is 17.1. The molecule has 1 unspecified atom stereocenters. The predicted molar refractivity (Wildman–Crippen MR) is 106 cm³/mol. The summed E-state index contributed by atoms with van der Waals surface area (Å²) in [4.78, 5) is 14.5. The van der Waals surface area contributed by atoms with E-state index in [4.69, 9.17) is 0 Å². The fourth-order valence-corrected chi connectivity index (χ4v) is 3.11. The van der Waals surface area contributed by atoms with E-state index in [-0.39, 0.29) is 18.3 Å². The van der Waals surface area contributed by atoms with Crippen LogP contribution in [-0.4, -0.2) is 46.4 Å². The van der Waals surface area contributed by atoms with Gasteiger partial charge in [-0.25, -0.2) is 9.07 Å². The van der Waals surface area contributed by atoms with E-state index in [1.54, 1.807) is 0 Å². The first kappa shape index (κ1) is 22.4. The molecule has 2 aromatic carbocycles. The molecule has 0 fully saturated rings. The second-order valence-electron chi connectivity index (χ2n) is 7.27. The summed E-state index contributed by atoms with van der Waals surface area (Å²) >= 11 is 0. The quantitative estimate of drug-likeness (QED) is 0.599. The van der Waals surface area contributed by atoms with Crippen molar-refractivity contribution in [1.82, 2.24) is 25.2 Å². The van der Waals surface area contributed by atoms with E-state index in [2.05, 4.69) is 15.6 Å². The lowest BCUT2D eigenvalue weighted by Gasteiger charge is -2.25. The lowest BCUT2D eigenvalue weighted by molar-refractivity contribution is -0.143. The SMILES string of the molecule is Cc1ccc(C(CNC(=O)c2nnn(-c3ccc(F)cc3)c2C(F)(F)F)N(C)C)cc1. The van der Waals surface area contributed by atoms with Gasteiger partial charge in [-0.15, -0.1) is 5.10 Å². The summed E-state index contributed by atoms with van der Waals surface area (Å²) in [5, 5.41) is 9.47. The molecular formula is C21H21F4N5O. The highest BCUT2D eigenvalue weighted by atomic mass is 19.4. The molecule has 6 nitrogen and oxygen atoms in total. The van der Waals surface area contributed by atoms with Gasteiger partial charge >= 0.3 is 6.18 Å². The van der Waals surface area contributed by atoms with Crippen molar-refractivity contribution in [2.75, 3.05) is 20.6 Å². The second-order valence-corrected chi connectivity index (χ2v) is 7.27. The lowest BCUT2D eigenvalue weighted by atomic mass is 10.0. The van der Waals surface area contributed by atoms with Gasteiger partial charge in [0.25, 0.3) is 5.91 Å². The number of likely N-dealkylation sites (N-methyl/N-ethyl adjacent to an activating group) is 1. The molecule has 0 aliphatic rings. The Labute approximate surface area is 176 Å². The Morgan fingerprint density at radius 2 is 1.71 bits per heavy atom. The number of hydrogen-bond acceptors (Lipinski definition) is 4. The summed E-state index contributed by atoms with van der Waals surface area (Å²) in [5.74, 6) is -1.61. The summed E-state index contributed by atoms with van der Waals surface area (Å²) < 4.78 is 54.8. The zero-order valence-electron chi connectivity index (χ0n) is 17.1. The molecule has 0 saturated heterocycles. The number of benzene rings is 2. The van der Waals surface area contributed by atoms with Gasteiger partial charge in [-0.05, 0) is 50.8 Å². The maximum absolute atomic E-state index is 13.7. The molecule has 3 rings (SSSR count). The number of nitrogens with zero attached hydrogens (tertiary/aromatic N) is 4. The van der Waals surface area contributed by atoms with Crippen LogP contribution >= 0.6 is 0 Å². The first-order valence-electron chi connectivity index (χ1n) is 9.38. The molecule has 1 N–H and O–H groups in total. The minimum Gasteiger partial charge on any atom is -0.349 e. The molecule has 1 heterocycles.